The third-order valence-electron chi connectivity index (χ3n) is 3.94. The van der Waals surface area contributed by atoms with E-state index >= 15 is 0 Å². The third kappa shape index (κ3) is 2.52. The molecule has 4 nitrogen and oxygen atoms in total. The number of furan rings is 1. The van der Waals surface area contributed by atoms with Crippen LogP contribution in [0.5, 0.6) is 0 Å². The molecule has 1 fully saturated rings. The number of nitrogens with zero attached hydrogens (tertiary/aromatic N) is 1. The lowest BCUT2D eigenvalue weighted by Crippen LogP contribution is -2.53. The average molecular weight is 261 g/mol. The van der Waals surface area contributed by atoms with Crippen molar-refractivity contribution in [2.75, 3.05) is 13.1 Å². The molecule has 0 aliphatic carbocycles. The zero-order chi connectivity index (χ0) is 13.5. The molecule has 1 aliphatic rings. The Morgan fingerprint density at radius 1 is 1.42 bits per heavy atom. The number of aliphatic hydroxyl groups is 2. The molecule has 0 amide bonds. The fourth-order valence-electron chi connectivity index (χ4n) is 2.56. The lowest BCUT2D eigenvalue weighted by molar-refractivity contribution is -0.109. The van der Waals surface area contributed by atoms with Crippen LogP contribution in [0.15, 0.2) is 34.7 Å². The van der Waals surface area contributed by atoms with Crippen molar-refractivity contribution in [1.82, 2.24) is 4.90 Å². The van der Waals surface area contributed by atoms with E-state index in [2.05, 4.69) is 4.90 Å². The molecule has 0 spiro atoms. The highest BCUT2D eigenvalue weighted by molar-refractivity contribution is 5.77. The molecule has 19 heavy (non-hydrogen) atoms. The van der Waals surface area contributed by atoms with Crippen LogP contribution in [0.2, 0.25) is 0 Å². The average Bonchev–Trinajstić information content (AvgIpc) is 2.76. The molecule has 2 atom stereocenters. The summed E-state index contributed by atoms with van der Waals surface area (Å²) in [4.78, 5) is 2.11. The van der Waals surface area contributed by atoms with E-state index in [1.807, 2.05) is 30.3 Å². The van der Waals surface area contributed by atoms with E-state index in [1.165, 1.54) is 0 Å². The number of fused-ring (bicyclic) bond motifs is 1. The second-order valence-electron chi connectivity index (χ2n) is 5.61. The predicted octanol–water partition coefficient (Wildman–Crippen LogP) is 1.75. The largest absolute Gasteiger partial charge is 0.460 e. The number of β-amino-alcohol motifs (C(OH)–C–C–N with tert-alkyl or cyclic N) is 1. The summed E-state index contributed by atoms with van der Waals surface area (Å²) in [5, 5.41) is 20.9. The van der Waals surface area contributed by atoms with Crippen LogP contribution in [-0.2, 0) is 6.54 Å². The molecule has 2 N–H and O–H groups in total. The number of piperidine rings is 1. The van der Waals surface area contributed by atoms with E-state index in [0.29, 0.717) is 19.5 Å². The second-order valence-corrected chi connectivity index (χ2v) is 5.61. The Morgan fingerprint density at radius 2 is 2.21 bits per heavy atom. The molecule has 1 aromatic carbocycles. The highest BCUT2D eigenvalue weighted by Gasteiger charge is 2.36. The number of benzene rings is 1. The van der Waals surface area contributed by atoms with Gasteiger partial charge in [0.05, 0.1) is 18.2 Å². The molecule has 2 aromatic rings. The van der Waals surface area contributed by atoms with Crippen molar-refractivity contribution in [3.05, 3.63) is 36.1 Å². The van der Waals surface area contributed by atoms with Crippen LogP contribution < -0.4 is 0 Å². The van der Waals surface area contributed by atoms with Crippen molar-refractivity contribution >= 4 is 11.0 Å². The van der Waals surface area contributed by atoms with Crippen molar-refractivity contribution in [2.45, 2.75) is 31.6 Å². The third-order valence-corrected chi connectivity index (χ3v) is 3.94. The molecule has 2 heterocycles. The smallest absolute Gasteiger partial charge is 0.134 e. The van der Waals surface area contributed by atoms with Gasteiger partial charge >= 0.3 is 0 Å². The van der Waals surface area contributed by atoms with Gasteiger partial charge in [0.1, 0.15) is 11.3 Å². The zero-order valence-corrected chi connectivity index (χ0v) is 11.0. The summed E-state index contributed by atoms with van der Waals surface area (Å²) in [5.41, 5.74) is -0.0771. The molecule has 1 saturated heterocycles. The van der Waals surface area contributed by atoms with Gasteiger partial charge in [-0.15, -0.1) is 0 Å². The Labute approximate surface area is 112 Å². The zero-order valence-electron chi connectivity index (χ0n) is 11.0. The summed E-state index contributed by atoms with van der Waals surface area (Å²) >= 11 is 0. The normalized spacial score (nSPS) is 28.9. The van der Waals surface area contributed by atoms with Crippen molar-refractivity contribution in [3.63, 3.8) is 0 Å². The topological polar surface area (TPSA) is 56.8 Å². The molecular formula is C15H19NO3. The molecule has 3 rings (SSSR count). The summed E-state index contributed by atoms with van der Waals surface area (Å²) in [6.45, 7) is 3.60. The maximum absolute atomic E-state index is 9.94. The SMILES string of the molecule is C[C@]1(O)CCN(Cc2cc3ccccc3o2)C[C@@H]1O. The van der Waals surface area contributed by atoms with E-state index in [-0.39, 0.29) is 0 Å². The number of para-hydroxylation sites is 1. The van der Waals surface area contributed by atoms with Crippen LogP contribution in [0.4, 0.5) is 0 Å². The Kier molecular flexibility index (Phi) is 3.09. The Hall–Kier alpha value is -1.36. The predicted molar refractivity (Wildman–Crippen MR) is 72.7 cm³/mol. The minimum Gasteiger partial charge on any atom is -0.460 e. The van der Waals surface area contributed by atoms with Crippen LogP contribution in [0, 0.1) is 0 Å². The summed E-state index contributed by atoms with van der Waals surface area (Å²) in [6, 6.07) is 9.96. The first-order chi connectivity index (χ1) is 9.04. The summed E-state index contributed by atoms with van der Waals surface area (Å²) in [5.74, 6) is 0.898. The van der Waals surface area contributed by atoms with Crippen LogP contribution in [0.25, 0.3) is 11.0 Å². The van der Waals surface area contributed by atoms with Gasteiger partial charge in [-0.3, -0.25) is 4.90 Å². The van der Waals surface area contributed by atoms with Gasteiger partial charge in [-0.2, -0.15) is 0 Å². The second kappa shape index (κ2) is 4.63. The molecule has 0 bridgehead atoms. The summed E-state index contributed by atoms with van der Waals surface area (Å²) in [7, 11) is 0. The van der Waals surface area contributed by atoms with Crippen molar-refractivity contribution < 1.29 is 14.6 Å². The maximum atomic E-state index is 9.94. The molecule has 1 aliphatic heterocycles. The molecule has 0 radical (unpaired) electrons. The molecule has 0 saturated carbocycles. The van der Waals surface area contributed by atoms with Gasteiger partial charge in [0.15, 0.2) is 0 Å². The molecule has 0 unspecified atom stereocenters. The number of rotatable bonds is 2. The highest BCUT2D eigenvalue weighted by Crippen LogP contribution is 2.25. The maximum Gasteiger partial charge on any atom is 0.134 e. The van der Waals surface area contributed by atoms with Gasteiger partial charge in [0.25, 0.3) is 0 Å². The lowest BCUT2D eigenvalue weighted by Gasteiger charge is -2.39. The first-order valence-corrected chi connectivity index (χ1v) is 6.65. The molecule has 1 aromatic heterocycles. The van der Waals surface area contributed by atoms with Crippen molar-refractivity contribution in [3.8, 4) is 0 Å². The van der Waals surface area contributed by atoms with Crippen LogP contribution in [-0.4, -0.2) is 39.9 Å². The van der Waals surface area contributed by atoms with Crippen molar-refractivity contribution in [2.24, 2.45) is 0 Å². The van der Waals surface area contributed by atoms with Gasteiger partial charge < -0.3 is 14.6 Å². The first kappa shape index (κ1) is 12.7. The van der Waals surface area contributed by atoms with Crippen LogP contribution >= 0.6 is 0 Å². The van der Waals surface area contributed by atoms with Crippen LogP contribution in [0.3, 0.4) is 0 Å². The standard InChI is InChI=1S/C15H19NO3/c1-15(18)6-7-16(10-14(15)17)9-12-8-11-4-2-3-5-13(11)19-12/h2-5,8,14,17-18H,6-7,9-10H2,1H3/t14-,15-/m0/s1. The van der Waals surface area contributed by atoms with Gasteiger partial charge in [0, 0.05) is 18.5 Å². The Balaban J connectivity index is 1.72. The van der Waals surface area contributed by atoms with E-state index < -0.39 is 11.7 Å². The fourth-order valence-corrected chi connectivity index (χ4v) is 2.56. The van der Waals surface area contributed by atoms with E-state index in [4.69, 9.17) is 4.42 Å². The fraction of sp³-hybridized carbons (Fsp3) is 0.467. The molecular weight excluding hydrogens is 242 g/mol. The number of likely N-dealkylation sites (tertiary alicyclic amines) is 1. The number of hydrogen-bond acceptors (Lipinski definition) is 4. The summed E-state index contributed by atoms with van der Waals surface area (Å²) < 4.78 is 5.77. The number of hydrogen-bond donors (Lipinski definition) is 2. The van der Waals surface area contributed by atoms with Crippen LogP contribution in [0.1, 0.15) is 19.1 Å². The monoisotopic (exact) mass is 261 g/mol. The Bertz CT molecular complexity index is 543. The Morgan fingerprint density at radius 3 is 2.95 bits per heavy atom. The first-order valence-electron chi connectivity index (χ1n) is 6.65. The minimum atomic E-state index is -0.968. The van der Waals surface area contributed by atoms with Crippen molar-refractivity contribution in [1.29, 1.82) is 0 Å². The van der Waals surface area contributed by atoms with Gasteiger partial charge in [-0.05, 0) is 25.5 Å². The van der Waals surface area contributed by atoms with E-state index in [0.717, 1.165) is 23.3 Å². The number of aliphatic hydroxyl groups excluding tert-OH is 1. The van der Waals surface area contributed by atoms with Gasteiger partial charge in [-0.1, -0.05) is 18.2 Å². The van der Waals surface area contributed by atoms with E-state index in [1.54, 1.807) is 6.92 Å². The summed E-state index contributed by atoms with van der Waals surface area (Å²) in [6.07, 6.45) is -0.125. The quantitative estimate of drug-likeness (QED) is 0.864. The molecule has 102 valence electrons. The molecule has 4 heteroatoms. The minimum absolute atomic E-state index is 0.476. The van der Waals surface area contributed by atoms with Gasteiger partial charge in [-0.25, -0.2) is 0 Å². The van der Waals surface area contributed by atoms with Gasteiger partial charge in [0.2, 0.25) is 0 Å². The highest BCUT2D eigenvalue weighted by atomic mass is 16.3. The lowest BCUT2D eigenvalue weighted by atomic mass is 9.91. The van der Waals surface area contributed by atoms with E-state index in [9.17, 15) is 10.2 Å².